The summed E-state index contributed by atoms with van der Waals surface area (Å²) in [5.74, 6) is 13.4. The Labute approximate surface area is 323 Å². The van der Waals surface area contributed by atoms with Crippen molar-refractivity contribution in [3.05, 3.63) is 0 Å². The molecule has 306 valence electrons. The van der Waals surface area contributed by atoms with Crippen LogP contribution in [-0.4, -0.2) is 71.3 Å². The van der Waals surface area contributed by atoms with E-state index in [9.17, 15) is 9.46 Å². The molecule has 0 fully saturated rings. The topological polar surface area (TPSA) is 77.1 Å². The first-order valence-electron chi connectivity index (χ1n) is 21.7. The van der Waals surface area contributed by atoms with Gasteiger partial charge in [0, 0.05) is 38.9 Å². The molecule has 0 aliphatic carbocycles. The highest BCUT2D eigenvalue weighted by Gasteiger charge is 2.18. The molecule has 52 heavy (non-hydrogen) atoms. The Balaban J connectivity index is 4.15. The molecule has 7 nitrogen and oxygen atoms in total. The molecule has 0 amide bonds. The average Bonchev–Trinajstić information content (AvgIpc) is 3.10. The van der Waals surface area contributed by atoms with E-state index >= 15 is 0 Å². The van der Waals surface area contributed by atoms with Crippen LogP contribution in [0.3, 0.4) is 0 Å². The first-order valence-corrected chi connectivity index (χ1v) is 23.2. The Kier molecular flexibility index (Phi) is 37.7. The molecular formula is C44H84NO6P. The van der Waals surface area contributed by atoms with E-state index in [0.717, 1.165) is 70.6 Å². The van der Waals surface area contributed by atoms with Gasteiger partial charge in [-0.25, -0.2) is 0 Å². The summed E-state index contributed by atoms with van der Waals surface area (Å²) in [7, 11) is 1.56. The molecule has 1 unspecified atom stereocenters. The van der Waals surface area contributed by atoms with Gasteiger partial charge in [0.05, 0.1) is 34.4 Å². The van der Waals surface area contributed by atoms with Gasteiger partial charge in [0.2, 0.25) is 0 Å². The van der Waals surface area contributed by atoms with Gasteiger partial charge in [-0.15, -0.1) is 23.7 Å². The van der Waals surface area contributed by atoms with Crippen LogP contribution in [0.15, 0.2) is 0 Å². The highest BCUT2D eigenvalue weighted by atomic mass is 31.2. The molecule has 0 aromatic rings. The summed E-state index contributed by atoms with van der Waals surface area (Å²) in [5.41, 5.74) is 0. The third-order valence-corrected chi connectivity index (χ3v) is 10.1. The minimum atomic E-state index is -4.40. The van der Waals surface area contributed by atoms with Gasteiger partial charge < -0.3 is 27.9 Å². The summed E-state index contributed by atoms with van der Waals surface area (Å²) in [4.78, 5) is 12.4. The molecule has 0 aromatic heterocycles. The predicted octanol–water partition coefficient (Wildman–Crippen LogP) is 11.6. The van der Waals surface area contributed by atoms with Gasteiger partial charge >= 0.3 is 0 Å². The molecule has 0 aromatic carbocycles. The number of nitrogens with zero attached hydrogens (tertiary/aromatic N) is 1. The largest absolute Gasteiger partial charge is 0.756 e. The summed E-state index contributed by atoms with van der Waals surface area (Å²) in [6.07, 6.45) is 33.5. The summed E-state index contributed by atoms with van der Waals surface area (Å²) >= 11 is 0. The zero-order valence-corrected chi connectivity index (χ0v) is 35.9. The highest BCUT2D eigenvalue weighted by Crippen LogP contribution is 2.38. The van der Waals surface area contributed by atoms with Gasteiger partial charge in [0.25, 0.3) is 7.82 Å². The molecule has 0 bridgehead atoms. The van der Waals surface area contributed by atoms with Crippen molar-refractivity contribution in [2.75, 3.05) is 60.7 Å². The third-order valence-electron chi connectivity index (χ3n) is 9.18. The van der Waals surface area contributed by atoms with E-state index in [0.29, 0.717) is 30.8 Å². The third kappa shape index (κ3) is 41.9. The number of phosphoric ester groups is 1. The van der Waals surface area contributed by atoms with Crippen molar-refractivity contribution in [1.82, 2.24) is 0 Å². The summed E-state index contributed by atoms with van der Waals surface area (Å²) in [5, 5.41) is 0. The molecule has 0 saturated heterocycles. The Morgan fingerprint density at radius 1 is 0.500 bits per heavy atom. The second-order valence-corrected chi connectivity index (χ2v) is 17.1. The fraction of sp³-hybridized carbons (Fsp3) is 0.909. The number of hydrogen-bond acceptors (Lipinski definition) is 6. The van der Waals surface area contributed by atoms with Gasteiger partial charge in [-0.1, -0.05) is 129 Å². The van der Waals surface area contributed by atoms with Crippen molar-refractivity contribution in [3.63, 3.8) is 0 Å². The van der Waals surface area contributed by atoms with Crippen molar-refractivity contribution in [2.45, 2.75) is 200 Å². The van der Waals surface area contributed by atoms with Crippen LogP contribution < -0.4 is 4.89 Å². The van der Waals surface area contributed by atoms with Crippen molar-refractivity contribution in [3.8, 4) is 23.7 Å². The lowest BCUT2D eigenvalue weighted by Crippen LogP contribution is -2.37. The second-order valence-electron chi connectivity index (χ2n) is 15.6. The van der Waals surface area contributed by atoms with Crippen LogP contribution >= 0.6 is 7.82 Å². The first kappa shape index (κ1) is 51.1. The van der Waals surface area contributed by atoms with Crippen molar-refractivity contribution in [1.29, 1.82) is 0 Å². The lowest BCUT2D eigenvalue weighted by atomic mass is 10.1. The standard InChI is InChI=1S/C44H84NO6P/c1-6-8-10-12-14-16-18-20-22-24-26-28-30-32-34-36-39-48-42-44(43-51-52(46,47)50-41-38-45(3,4)5)49-40-37-35-33-31-29-27-25-23-21-19-17-15-13-11-9-7-2/h44H,6-21,26-43H2,1-5H3/t44-/m1/s1. The number of hydrogen-bond donors (Lipinski definition) is 0. The van der Waals surface area contributed by atoms with E-state index in [2.05, 4.69) is 37.5 Å². The first-order chi connectivity index (χ1) is 25.2. The Morgan fingerprint density at radius 3 is 1.31 bits per heavy atom. The minimum absolute atomic E-state index is 0.0862. The molecule has 0 spiro atoms. The molecule has 8 heteroatoms. The van der Waals surface area contributed by atoms with Crippen LogP contribution in [0.25, 0.3) is 0 Å². The fourth-order valence-electron chi connectivity index (χ4n) is 5.74. The normalized spacial score (nSPS) is 13.3. The molecule has 0 N–H and O–H groups in total. The fourth-order valence-corrected chi connectivity index (χ4v) is 6.46. The maximum absolute atomic E-state index is 12.4. The van der Waals surface area contributed by atoms with Crippen molar-refractivity contribution < 1.29 is 32.5 Å². The van der Waals surface area contributed by atoms with Crippen LogP contribution in [0.4, 0.5) is 0 Å². The van der Waals surface area contributed by atoms with Crippen LogP contribution in [0, 0.1) is 23.7 Å². The number of quaternary nitrogens is 1. The van der Waals surface area contributed by atoms with Gasteiger partial charge in [-0.05, 0) is 38.5 Å². The van der Waals surface area contributed by atoms with Gasteiger partial charge in [-0.3, -0.25) is 4.57 Å². The number of ether oxygens (including phenoxy) is 2. The molecule has 0 aliphatic heterocycles. The van der Waals surface area contributed by atoms with E-state index in [1.807, 2.05) is 21.1 Å². The second kappa shape index (κ2) is 38.4. The van der Waals surface area contributed by atoms with E-state index in [1.54, 1.807) is 0 Å². The van der Waals surface area contributed by atoms with Gasteiger partial charge in [0.1, 0.15) is 19.3 Å². The van der Waals surface area contributed by atoms with Crippen LogP contribution in [0.5, 0.6) is 0 Å². The van der Waals surface area contributed by atoms with Crippen LogP contribution in [0.1, 0.15) is 194 Å². The monoisotopic (exact) mass is 754 g/mol. The average molecular weight is 754 g/mol. The molecular weight excluding hydrogens is 669 g/mol. The molecule has 0 aliphatic rings. The summed E-state index contributed by atoms with van der Waals surface area (Å²) in [6.45, 7) is 6.59. The minimum Gasteiger partial charge on any atom is -0.756 e. The Bertz CT molecular complexity index is 931. The van der Waals surface area contributed by atoms with Crippen LogP contribution in [0.2, 0.25) is 0 Å². The van der Waals surface area contributed by atoms with Crippen LogP contribution in [-0.2, 0) is 23.1 Å². The number of unbranched alkanes of at least 4 members (excludes halogenated alkanes) is 24. The van der Waals surface area contributed by atoms with Crippen molar-refractivity contribution >= 4 is 7.82 Å². The van der Waals surface area contributed by atoms with Gasteiger partial charge in [0.15, 0.2) is 0 Å². The maximum Gasteiger partial charge on any atom is 0.268 e. The zero-order chi connectivity index (χ0) is 38.3. The number of rotatable bonds is 38. The zero-order valence-electron chi connectivity index (χ0n) is 35.0. The molecule has 0 heterocycles. The summed E-state index contributed by atoms with van der Waals surface area (Å²) in [6, 6.07) is 0. The van der Waals surface area contributed by atoms with E-state index in [1.165, 1.54) is 109 Å². The van der Waals surface area contributed by atoms with E-state index in [4.69, 9.17) is 18.5 Å². The Morgan fingerprint density at radius 2 is 0.885 bits per heavy atom. The molecule has 0 radical (unpaired) electrons. The van der Waals surface area contributed by atoms with Gasteiger partial charge in [-0.2, -0.15) is 0 Å². The predicted molar refractivity (Wildman–Crippen MR) is 219 cm³/mol. The SMILES string of the molecule is CCCCCCCCCC#CCCCCCCCOC[C@H](COP(=O)([O-])OCC[N+](C)(C)C)OCCCCCCCC#CCCCCCCCCC. The lowest BCUT2D eigenvalue weighted by Gasteiger charge is -2.28. The number of likely N-dealkylation sites (N-methyl/N-ethyl adjacent to an activating group) is 1. The quantitative estimate of drug-likeness (QED) is 0.0270. The highest BCUT2D eigenvalue weighted by molar-refractivity contribution is 7.45. The maximum atomic E-state index is 12.4. The number of phosphoric acid groups is 1. The molecule has 0 rings (SSSR count). The molecule has 2 atom stereocenters. The lowest BCUT2D eigenvalue weighted by molar-refractivity contribution is -0.870. The van der Waals surface area contributed by atoms with E-state index in [-0.39, 0.29) is 13.2 Å². The summed E-state index contributed by atoms with van der Waals surface area (Å²) < 4.78 is 35.2. The Hall–Kier alpha value is -0.890. The van der Waals surface area contributed by atoms with Crippen molar-refractivity contribution in [2.24, 2.45) is 0 Å². The smallest absolute Gasteiger partial charge is 0.268 e. The van der Waals surface area contributed by atoms with E-state index < -0.39 is 13.9 Å². The molecule has 0 saturated carbocycles.